The Morgan fingerprint density at radius 1 is 0.210 bits per heavy atom. The van der Waals surface area contributed by atoms with Crippen molar-refractivity contribution >= 4 is 204 Å². The average Bonchev–Trinajstić information content (AvgIpc) is 1.56. The second-order valence-electron chi connectivity index (χ2n) is 37.4. The molecular weight excluding hydrogens is 1800 g/mol. The first kappa shape index (κ1) is 82.2. The average molecular weight is 1880 g/mol. The van der Waals surface area contributed by atoms with E-state index in [2.05, 4.69) is 463 Å². The first-order valence-electron chi connectivity index (χ1n) is 48.3. The molecule has 0 saturated heterocycles. The highest BCUT2D eigenvalue weighted by molar-refractivity contribution is 7.26. The lowest BCUT2D eigenvalue weighted by Crippen LogP contribution is -2.14. The van der Waals surface area contributed by atoms with Crippen LogP contribution in [0.1, 0.15) is 25.0 Å². The van der Waals surface area contributed by atoms with Crippen molar-refractivity contribution in [1.82, 2.24) is 48.2 Å². The largest absolute Gasteiger partial charge is 0.456 e. The van der Waals surface area contributed by atoms with Crippen molar-refractivity contribution in [3.8, 4) is 102 Å². The van der Waals surface area contributed by atoms with Gasteiger partial charge in [-0.3, -0.25) is 0 Å². The molecule has 0 N–H and O–H groups in total. The fourth-order valence-electron chi connectivity index (χ4n) is 22.5. The molecule has 0 radical (unpaired) electrons. The number of hydrogen-bond acceptors (Lipinski definition) is 10. The Bertz CT molecular complexity index is 10500. The van der Waals surface area contributed by atoms with Crippen molar-refractivity contribution in [3.05, 3.63) is 460 Å². The number of para-hydroxylation sites is 7. The number of thiophene rings is 3. The van der Waals surface area contributed by atoms with Gasteiger partial charge in [0.05, 0.1) is 66.9 Å². The van der Waals surface area contributed by atoms with Gasteiger partial charge in [-0.15, -0.1) is 34.0 Å². The molecule has 0 amide bonds. The minimum absolute atomic E-state index is 0.0788. The zero-order chi connectivity index (χ0) is 94.2. The van der Waals surface area contributed by atoms with Crippen LogP contribution in [-0.2, 0) is 5.41 Å². The monoisotopic (exact) mass is 1880 g/mol. The second kappa shape index (κ2) is 32.6. The highest BCUT2D eigenvalue weighted by atomic mass is 32.1. The number of furan rings is 1. The number of aromatic nitrogens is 10. The van der Waals surface area contributed by atoms with Gasteiger partial charge in [0.1, 0.15) is 25.7 Å². The molecule has 0 unspecified atom stereocenters. The van der Waals surface area contributed by atoms with Gasteiger partial charge in [0, 0.05) is 162 Å². The van der Waals surface area contributed by atoms with E-state index in [4.69, 9.17) is 34.3 Å². The van der Waals surface area contributed by atoms with Gasteiger partial charge in [-0.1, -0.05) is 329 Å². The fraction of sp³-hybridized carbons (Fsp3) is 0.0233. The van der Waals surface area contributed by atoms with Crippen LogP contribution in [0.2, 0.25) is 0 Å². The summed E-state index contributed by atoms with van der Waals surface area (Å²) < 4.78 is 19.6. The summed E-state index contributed by atoms with van der Waals surface area (Å²) >= 11 is 5.18. The number of benzene rings is 19. The number of nitrogens with zero attached hydrogens (tertiary/aromatic N) is 10. The molecule has 143 heavy (non-hydrogen) atoms. The van der Waals surface area contributed by atoms with Crippen molar-refractivity contribution in [3.63, 3.8) is 0 Å². The van der Waals surface area contributed by atoms with Crippen molar-refractivity contribution < 1.29 is 4.42 Å². The molecule has 11 heterocycles. The van der Waals surface area contributed by atoms with Crippen LogP contribution in [0.15, 0.2) is 453 Å². The van der Waals surface area contributed by atoms with Crippen LogP contribution in [0.4, 0.5) is 0 Å². The Labute approximate surface area is 831 Å². The second-order valence-corrected chi connectivity index (χ2v) is 40.5. The van der Waals surface area contributed by atoms with E-state index in [1.807, 2.05) is 18.2 Å². The molecule has 1 aliphatic carbocycles. The Balaban J connectivity index is 0.000000102. The Morgan fingerprint density at radius 3 is 1.06 bits per heavy atom. The summed E-state index contributed by atoms with van der Waals surface area (Å²) in [5, 5.41) is 19.0. The van der Waals surface area contributed by atoms with Gasteiger partial charge < -0.3 is 22.7 Å². The lowest BCUT2D eigenvalue weighted by atomic mass is 9.82. The Kier molecular flexibility index (Phi) is 18.7. The van der Waals surface area contributed by atoms with Crippen molar-refractivity contribution in [1.29, 1.82) is 0 Å². The quantitative estimate of drug-likeness (QED) is 0.134. The maximum Gasteiger partial charge on any atom is 0.163 e. The molecule has 14 heteroatoms. The SMILES string of the molecule is CC1(C)c2ccccc2-c2cc3c4ccccc4n(-c4cccc(-c5nc(-c6ccccc6)c6c(n5)sc5ccccc56)c4)c3cc21.c1ccc(-c2nc(-c3cccc(-n4c5ccccc5c5cc6c7ccccc7n(-c7ccccc7)c6cc54)c3)nc3sc4ccccc4c23)cc1.c1ccc(-c2nc(-c3ccccc3-n3c4ccccc4c4cc5c(cc43)oc3ccccc35)nc3sc4ccccc4c23)cc1. The molecular formula is C129H80N10OS3. The maximum atomic E-state index is 6.37. The summed E-state index contributed by atoms with van der Waals surface area (Å²) in [5.74, 6) is 2.17. The van der Waals surface area contributed by atoms with Gasteiger partial charge in [0.25, 0.3) is 0 Å². The van der Waals surface area contributed by atoms with E-state index in [-0.39, 0.29) is 5.41 Å². The van der Waals surface area contributed by atoms with E-state index >= 15 is 0 Å². The summed E-state index contributed by atoms with van der Waals surface area (Å²) in [6.45, 7) is 4.70. The van der Waals surface area contributed by atoms with Gasteiger partial charge in [0.2, 0.25) is 0 Å². The minimum atomic E-state index is -0.0788. The molecule has 0 atom stereocenters. The van der Waals surface area contributed by atoms with Gasteiger partial charge in [-0.05, 0) is 150 Å². The third-order valence-electron chi connectivity index (χ3n) is 29.0. The summed E-state index contributed by atoms with van der Waals surface area (Å²) in [7, 11) is 0. The molecule has 19 aromatic carbocycles. The molecule has 0 spiro atoms. The van der Waals surface area contributed by atoms with E-state index in [0.717, 1.165) is 154 Å². The van der Waals surface area contributed by atoms with Crippen LogP contribution in [-0.4, -0.2) is 48.2 Å². The predicted molar refractivity (Wildman–Crippen MR) is 600 cm³/mol. The normalized spacial score (nSPS) is 12.5. The topological polar surface area (TPSA) is 110 Å². The van der Waals surface area contributed by atoms with E-state index in [0.29, 0.717) is 5.82 Å². The third kappa shape index (κ3) is 13.1. The Morgan fingerprint density at radius 2 is 0.559 bits per heavy atom. The molecule has 0 saturated carbocycles. The first-order valence-corrected chi connectivity index (χ1v) is 50.7. The number of fused-ring (bicyclic) bond motifs is 27. The molecule has 1 aliphatic rings. The van der Waals surface area contributed by atoms with Crippen LogP contribution >= 0.6 is 34.0 Å². The smallest absolute Gasteiger partial charge is 0.163 e. The lowest BCUT2D eigenvalue weighted by Gasteiger charge is -2.21. The molecule has 0 aliphatic heterocycles. The van der Waals surface area contributed by atoms with Gasteiger partial charge in [0.15, 0.2) is 17.5 Å². The molecule has 11 nitrogen and oxygen atoms in total. The molecule has 0 fully saturated rings. The highest BCUT2D eigenvalue weighted by Crippen LogP contribution is 2.53. The van der Waals surface area contributed by atoms with E-state index < -0.39 is 0 Å². The van der Waals surface area contributed by atoms with Gasteiger partial charge in [-0.2, -0.15) is 0 Å². The highest BCUT2D eigenvalue weighted by Gasteiger charge is 2.37. The lowest BCUT2D eigenvalue weighted by molar-refractivity contribution is 0.661. The molecule has 0 bridgehead atoms. The van der Waals surface area contributed by atoms with E-state index in [1.54, 1.807) is 34.0 Å². The summed E-state index contributed by atoms with van der Waals surface area (Å²) in [6.07, 6.45) is 0. The number of rotatable bonds is 10. The van der Waals surface area contributed by atoms with Crippen LogP contribution in [0, 0.1) is 0 Å². The Hall–Kier alpha value is -17.9. The molecule has 30 aromatic rings. The third-order valence-corrected chi connectivity index (χ3v) is 32.2. The van der Waals surface area contributed by atoms with Crippen molar-refractivity contribution in [2.75, 3.05) is 0 Å². The molecule has 11 aromatic heterocycles. The van der Waals surface area contributed by atoms with Gasteiger partial charge >= 0.3 is 0 Å². The van der Waals surface area contributed by atoms with Crippen LogP contribution in [0.5, 0.6) is 0 Å². The number of hydrogen-bond donors (Lipinski definition) is 0. The van der Waals surface area contributed by atoms with Gasteiger partial charge in [-0.25, -0.2) is 29.9 Å². The van der Waals surface area contributed by atoms with Crippen LogP contribution in [0.3, 0.4) is 0 Å². The predicted octanol–water partition coefficient (Wildman–Crippen LogP) is 35.1. The molecule has 670 valence electrons. The molecule has 31 rings (SSSR count). The van der Waals surface area contributed by atoms with Crippen molar-refractivity contribution in [2.45, 2.75) is 19.3 Å². The van der Waals surface area contributed by atoms with Crippen LogP contribution < -0.4 is 0 Å². The summed E-state index contributed by atoms with van der Waals surface area (Å²) in [6, 6.07) is 160. The standard InChI is InChI=1S/C46H28N4S.C43H29N3S.C40H23N3OS/c1-3-14-29(15-4-1)44-43-35-22-9-12-25-42(35)51-46(43)48-45(47-44)30-16-13-19-32(26-30)50-39-24-11-8-21-34(39)37-27-36-33-20-7-10-23-38(33)49(40(36)28-41(37)50)31-17-5-2-6-18-31;1-43(2)34-20-9-6-17-29(34)32-24-33-30-18-7-10-21-36(30)46(37(33)25-35(32)43)28-16-12-15-27(23-28)41-44-40(26-13-4-3-5-14-26)39-31-19-8-11-22-38(31)47-42(39)45-41;1-2-12-24(13-3-1)38-37-28-17-7-11-21-36(28)45-40(37)42-39(41-38)27-16-5-9-19-32(27)43-31-18-8-4-14-25(31)29-22-30-26-15-6-10-20-34(26)44-35(30)23-33(29)43/h1-28H;3-25H,1-2H3;1-23H. The van der Waals surface area contributed by atoms with E-state index in [9.17, 15) is 0 Å². The minimum Gasteiger partial charge on any atom is -0.456 e. The summed E-state index contributed by atoms with van der Waals surface area (Å²) in [5.41, 5.74) is 29.9. The van der Waals surface area contributed by atoms with E-state index in [1.165, 1.54) is 123 Å². The van der Waals surface area contributed by atoms with Crippen molar-refractivity contribution in [2.24, 2.45) is 0 Å². The zero-order valence-corrected chi connectivity index (χ0v) is 79.8. The zero-order valence-electron chi connectivity index (χ0n) is 77.3. The summed E-state index contributed by atoms with van der Waals surface area (Å²) in [4.78, 5) is 34.6. The fourth-order valence-corrected chi connectivity index (χ4v) is 25.8. The van der Waals surface area contributed by atoms with Crippen LogP contribution in [0.25, 0.3) is 272 Å². The first-order chi connectivity index (χ1) is 70.7. The maximum absolute atomic E-state index is 6.37.